The number of nitrogens with one attached hydrogen (secondary N) is 1. The molecular formula is C13H14N4O3. The van der Waals surface area contributed by atoms with Gasteiger partial charge in [0.15, 0.2) is 0 Å². The van der Waals surface area contributed by atoms with Gasteiger partial charge in [0.05, 0.1) is 18.1 Å². The second-order valence-electron chi connectivity index (χ2n) is 4.57. The van der Waals surface area contributed by atoms with Gasteiger partial charge < -0.3 is 15.3 Å². The van der Waals surface area contributed by atoms with E-state index in [1.54, 1.807) is 24.0 Å². The van der Waals surface area contributed by atoms with Gasteiger partial charge in [-0.1, -0.05) is 0 Å². The Hall–Kier alpha value is -2.62. The van der Waals surface area contributed by atoms with Gasteiger partial charge in [-0.3, -0.25) is 9.59 Å². The smallest absolute Gasteiger partial charge is 0.305 e. The number of aromatic nitrogens is 1. The van der Waals surface area contributed by atoms with Crippen molar-refractivity contribution in [3.05, 3.63) is 23.4 Å². The molecule has 1 amide bonds. The molecule has 0 spiro atoms. The van der Waals surface area contributed by atoms with Crippen LogP contribution in [0.4, 0.5) is 5.82 Å². The number of carboxylic acid groups (broad SMARTS) is 1. The summed E-state index contributed by atoms with van der Waals surface area (Å²) < 4.78 is 0. The average Bonchev–Trinajstić information content (AvgIpc) is 2.39. The largest absolute Gasteiger partial charge is 0.481 e. The Morgan fingerprint density at radius 2 is 2.40 bits per heavy atom. The van der Waals surface area contributed by atoms with Crippen LogP contribution in [0.1, 0.15) is 17.7 Å². The number of piperazine rings is 1. The van der Waals surface area contributed by atoms with Gasteiger partial charge >= 0.3 is 5.97 Å². The van der Waals surface area contributed by atoms with Crippen molar-refractivity contribution in [2.75, 3.05) is 18.0 Å². The summed E-state index contributed by atoms with van der Waals surface area (Å²) in [7, 11) is 0. The van der Waals surface area contributed by atoms with Gasteiger partial charge in [0, 0.05) is 18.8 Å². The molecule has 1 fully saturated rings. The van der Waals surface area contributed by atoms with Crippen molar-refractivity contribution in [2.45, 2.75) is 19.4 Å². The van der Waals surface area contributed by atoms with E-state index in [0.29, 0.717) is 30.2 Å². The first-order valence-electron chi connectivity index (χ1n) is 6.16. The third kappa shape index (κ3) is 2.85. The molecule has 0 aromatic carbocycles. The van der Waals surface area contributed by atoms with Crippen molar-refractivity contribution < 1.29 is 14.7 Å². The summed E-state index contributed by atoms with van der Waals surface area (Å²) in [5, 5.41) is 20.5. The molecule has 1 saturated heterocycles. The van der Waals surface area contributed by atoms with Gasteiger partial charge in [-0.25, -0.2) is 4.98 Å². The van der Waals surface area contributed by atoms with Crippen molar-refractivity contribution in [1.29, 1.82) is 5.26 Å². The molecule has 2 rings (SSSR count). The van der Waals surface area contributed by atoms with Gasteiger partial charge in [-0.2, -0.15) is 5.26 Å². The lowest BCUT2D eigenvalue weighted by Crippen LogP contribution is -2.56. The van der Waals surface area contributed by atoms with E-state index in [0.717, 1.165) is 0 Å². The zero-order valence-corrected chi connectivity index (χ0v) is 11.0. The number of hydrogen-bond acceptors (Lipinski definition) is 5. The Morgan fingerprint density at radius 1 is 1.65 bits per heavy atom. The molecular weight excluding hydrogens is 260 g/mol. The summed E-state index contributed by atoms with van der Waals surface area (Å²) in [4.78, 5) is 28.7. The van der Waals surface area contributed by atoms with E-state index in [4.69, 9.17) is 10.4 Å². The van der Waals surface area contributed by atoms with Gasteiger partial charge in [0.25, 0.3) is 0 Å². The van der Waals surface area contributed by atoms with E-state index in [1.165, 1.54) is 0 Å². The Bertz CT molecular complexity index is 594. The summed E-state index contributed by atoms with van der Waals surface area (Å²) >= 11 is 0. The summed E-state index contributed by atoms with van der Waals surface area (Å²) in [5.74, 6) is -0.923. The topological polar surface area (TPSA) is 106 Å². The lowest BCUT2D eigenvalue weighted by atomic mass is 10.1. The first-order valence-corrected chi connectivity index (χ1v) is 6.16. The number of carbonyl (C=O) groups is 2. The normalized spacial score (nSPS) is 18.3. The van der Waals surface area contributed by atoms with Crippen molar-refractivity contribution in [3.63, 3.8) is 0 Å². The number of anilines is 1. The van der Waals surface area contributed by atoms with Crippen LogP contribution in [0.15, 0.2) is 12.1 Å². The van der Waals surface area contributed by atoms with E-state index in [9.17, 15) is 9.59 Å². The number of nitriles is 1. The van der Waals surface area contributed by atoms with Crippen LogP contribution in [-0.2, 0) is 9.59 Å². The molecule has 7 heteroatoms. The van der Waals surface area contributed by atoms with Crippen molar-refractivity contribution in [2.24, 2.45) is 0 Å². The maximum atomic E-state index is 11.8. The molecule has 0 radical (unpaired) electrons. The highest BCUT2D eigenvalue weighted by molar-refractivity contribution is 5.90. The number of nitrogens with zero attached hydrogens (tertiary/aromatic N) is 3. The van der Waals surface area contributed by atoms with Gasteiger partial charge in [-0.05, 0) is 19.1 Å². The second kappa shape index (κ2) is 5.57. The minimum absolute atomic E-state index is 0.302. The number of pyridine rings is 1. The number of carboxylic acids is 1. The van der Waals surface area contributed by atoms with Crippen LogP contribution in [0.3, 0.4) is 0 Å². The third-order valence-electron chi connectivity index (χ3n) is 3.06. The molecule has 1 aliphatic heterocycles. The number of amides is 1. The molecule has 1 aromatic heterocycles. The second-order valence-corrected chi connectivity index (χ2v) is 4.57. The zero-order chi connectivity index (χ0) is 14.7. The van der Waals surface area contributed by atoms with Crippen LogP contribution >= 0.6 is 0 Å². The standard InChI is InChI=1S/C13H14N4O3/c1-8-4-9(7-14)5-11(16-8)17-3-2-15-13(20)10(17)6-12(18)19/h4-5,10H,2-3,6H2,1H3,(H,15,20)(H,18,19). The maximum Gasteiger partial charge on any atom is 0.305 e. The molecule has 2 N–H and O–H groups in total. The van der Waals surface area contributed by atoms with Crippen molar-refractivity contribution >= 4 is 17.7 Å². The number of rotatable bonds is 3. The molecule has 1 aliphatic rings. The number of aliphatic carboxylic acids is 1. The minimum Gasteiger partial charge on any atom is -0.481 e. The highest BCUT2D eigenvalue weighted by Gasteiger charge is 2.32. The SMILES string of the molecule is Cc1cc(C#N)cc(N2CCNC(=O)C2CC(=O)O)n1. The third-order valence-corrected chi connectivity index (χ3v) is 3.06. The number of aryl methyl sites for hydroxylation is 1. The quantitative estimate of drug-likeness (QED) is 0.806. The zero-order valence-electron chi connectivity index (χ0n) is 11.0. The van der Waals surface area contributed by atoms with Crippen LogP contribution in [0.2, 0.25) is 0 Å². The van der Waals surface area contributed by atoms with Crippen LogP contribution in [0.5, 0.6) is 0 Å². The van der Waals surface area contributed by atoms with Crippen LogP contribution in [0, 0.1) is 18.3 Å². The fraction of sp³-hybridized carbons (Fsp3) is 0.385. The van der Waals surface area contributed by atoms with Crippen molar-refractivity contribution in [3.8, 4) is 6.07 Å². The van der Waals surface area contributed by atoms with Crippen molar-refractivity contribution in [1.82, 2.24) is 10.3 Å². The van der Waals surface area contributed by atoms with Gasteiger partial charge in [0.1, 0.15) is 11.9 Å². The Labute approximate surface area is 115 Å². The fourth-order valence-electron chi connectivity index (χ4n) is 2.22. The van der Waals surface area contributed by atoms with Gasteiger partial charge in [0.2, 0.25) is 5.91 Å². The van der Waals surface area contributed by atoms with Gasteiger partial charge in [-0.15, -0.1) is 0 Å². The predicted octanol–water partition coefficient (Wildman–Crippen LogP) is 0.0412. The Morgan fingerprint density at radius 3 is 3.05 bits per heavy atom. The monoisotopic (exact) mass is 274 g/mol. The highest BCUT2D eigenvalue weighted by Crippen LogP contribution is 2.20. The summed E-state index contributed by atoms with van der Waals surface area (Å²) in [6.45, 7) is 2.64. The lowest BCUT2D eigenvalue weighted by Gasteiger charge is -2.35. The fourth-order valence-corrected chi connectivity index (χ4v) is 2.22. The van der Waals surface area contributed by atoms with Crippen LogP contribution in [0.25, 0.3) is 0 Å². The maximum absolute atomic E-state index is 11.8. The molecule has 2 heterocycles. The number of carbonyl (C=O) groups excluding carboxylic acids is 1. The van der Waals surface area contributed by atoms with E-state index < -0.39 is 12.0 Å². The summed E-state index contributed by atoms with van der Waals surface area (Å²) in [5.41, 5.74) is 1.09. The highest BCUT2D eigenvalue weighted by atomic mass is 16.4. The molecule has 7 nitrogen and oxygen atoms in total. The predicted molar refractivity (Wildman–Crippen MR) is 70.1 cm³/mol. The summed E-state index contributed by atoms with van der Waals surface area (Å²) in [6, 6.07) is 4.44. The average molecular weight is 274 g/mol. The van der Waals surface area contributed by atoms with E-state index in [2.05, 4.69) is 10.3 Å². The molecule has 0 bridgehead atoms. The molecule has 104 valence electrons. The molecule has 0 saturated carbocycles. The first-order chi connectivity index (χ1) is 9.51. The van der Waals surface area contributed by atoms with E-state index >= 15 is 0 Å². The molecule has 1 unspecified atom stereocenters. The first kappa shape index (κ1) is 13.8. The molecule has 1 aromatic rings. The van der Waals surface area contributed by atoms with E-state index in [-0.39, 0.29) is 12.3 Å². The Kier molecular flexibility index (Phi) is 3.84. The number of hydrogen-bond donors (Lipinski definition) is 2. The summed E-state index contributed by atoms with van der Waals surface area (Å²) in [6.07, 6.45) is -0.302. The lowest BCUT2D eigenvalue weighted by molar-refractivity contribution is -0.139. The van der Waals surface area contributed by atoms with Crippen LogP contribution in [-0.4, -0.2) is 41.1 Å². The molecule has 0 aliphatic carbocycles. The Balaban J connectivity index is 2.37. The van der Waals surface area contributed by atoms with Crippen LogP contribution < -0.4 is 10.2 Å². The molecule has 20 heavy (non-hydrogen) atoms. The van der Waals surface area contributed by atoms with E-state index in [1.807, 2.05) is 6.07 Å². The minimum atomic E-state index is -1.05. The molecule has 1 atom stereocenters.